The van der Waals surface area contributed by atoms with Crippen LogP contribution in [0.3, 0.4) is 0 Å². The molecule has 1 saturated heterocycles. The molecule has 2 heterocycles. The highest BCUT2D eigenvalue weighted by Crippen LogP contribution is 2.35. The number of rotatable bonds is 5. The number of para-hydroxylation sites is 2. The highest BCUT2D eigenvalue weighted by atomic mass is 32.1. The van der Waals surface area contributed by atoms with E-state index in [1.807, 2.05) is 11.4 Å². The molecule has 0 radical (unpaired) electrons. The second-order valence-electron chi connectivity index (χ2n) is 5.35. The largest absolute Gasteiger partial charge is 0.493 e. The zero-order valence-electron chi connectivity index (χ0n) is 12.8. The van der Waals surface area contributed by atoms with Gasteiger partial charge in [0.05, 0.1) is 7.11 Å². The quantitative estimate of drug-likeness (QED) is 0.906. The number of carboxylic acid groups (broad SMARTS) is 1. The molecule has 1 aromatic heterocycles. The summed E-state index contributed by atoms with van der Waals surface area (Å²) in [5.41, 5.74) is -1.23. The first-order chi connectivity index (χ1) is 11.1. The van der Waals surface area contributed by atoms with Crippen LogP contribution >= 0.6 is 11.3 Å². The Morgan fingerprint density at radius 2 is 2.00 bits per heavy atom. The number of anilines is 1. The topological polar surface area (TPSA) is 71.9 Å². The third kappa shape index (κ3) is 3.10. The maximum absolute atomic E-state index is 11.9. The molecule has 0 amide bonds. The van der Waals surface area contributed by atoms with Gasteiger partial charge in [-0.15, -0.1) is 11.3 Å². The van der Waals surface area contributed by atoms with Gasteiger partial charge >= 0.3 is 5.97 Å². The van der Waals surface area contributed by atoms with Crippen molar-refractivity contribution in [2.24, 2.45) is 0 Å². The number of nitrogens with zero attached hydrogens (tertiary/aromatic N) is 2. The van der Waals surface area contributed by atoms with Gasteiger partial charge in [-0.3, -0.25) is 0 Å². The molecular weight excluding hydrogens is 316 g/mol. The molecule has 1 fully saturated rings. The summed E-state index contributed by atoms with van der Waals surface area (Å²) in [6.45, 7) is 1.18. The van der Waals surface area contributed by atoms with E-state index in [9.17, 15) is 9.90 Å². The Morgan fingerprint density at radius 3 is 2.57 bits per heavy atom. The van der Waals surface area contributed by atoms with Crippen molar-refractivity contribution >= 4 is 22.4 Å². The summed E-state index contributed by atoms with van der Waals surface area (Å²) >= 11 is 1.55. The van der Waals surface area contributed by atoms with Gasteiger partial charge in [-0.05, 0) is 12.1 Å². The molecule has 1 aromatic carbocycles. The smallest absolute Gasteiger partial charge is 0.348 e. The second-order valence-corrected chi connectivity index (χ2v) is 6.23. The minimum atomic E-state index is -1.23. The molecule has 7 heteroatoms. The van der Waals surface area contributed by atoms with Gasteiger partial charge in [0.25, 0.3) is 0 Å². The number of thiazole rings is 1. The number of benzene rings is 1. The predicted octanol–water partition coefficient (Wildman–Crippen LogP) is 2.65. The van der Waals surface area contributed by atoms with E-state index < -0.39 is 11.6 Å². The van der Waals surface area contributed by atoms with Gasteiger partial charge in [0.15, 0.2) is 16.6 Å². The Kier molecular flexibility index (Phi) is 4.38. The molecule has 0 aliphatic carbocycles. The number of hydrogen-bond acceptors (Lipinski definition) is 6. The molecule has 0 atom stereocenters. The second kappa shape index (κ2) is 6.45. The molecule has 122 valence electrons. The lowest BCUT2D eigenvalue weighted by Gasteiger charge is -2.38. The molecule has 0 bridgehead atoms. The average molecular weight is 334 g/mol. The van der Waals surface area contributed by atoms with E-state index >= 15 is 0 Å². The molecule has 0 spiro atoms. The van der Waals surface area contributed by atoms with Gasteiger partial charge in [0.1, 0.15) is 0 Å². The Morgan fingerprint density at radius 1 is 1.30 bits per heavy atom. The van der Waals surface area contributed by atoms with Crippen molar-refractivity contribution in [1.82, 2.24) is 4.98 Å². The summed E-state index contributed by atoms with van der Waals surface area (Å²) in [6.07, 6.45) is 2.53. The van der Waals surface area contributed by atoms with Gasteiger partial charge in [0.2, 0.25) is 5.60 Å². The number of aromatic nitrogens is 1. The van der Waals surface area contributed by atoms with Crippen molar-refractivity contribution in [2.75, 3.05) is 25.1 Å². The molecule has 23 heavy (non-hydrogen) atoms. The van der Waals surface area contributed by atoms with Crippen LogP contribution in [0, 0.1) is 0 Å². The Balaban J connectivity index is 1.78. The van der Waals surface area contributed by atoms with Gasteiger partial charge in [-0.25, -0.2) is 9.78 Å². The first kappa shape index (κ1) is 15.6. The first-order valence-corrected chi connectivity index (χ1v) is 8.22. The Labute approximate surface area is 138 Å². The lowest BCUT2D eigenvalue weighted by molar-refractivity contribution is -0.157. The molecule has 2 aromatic rings. The lowest BCUT2D eigenvalue weighted by Crippen LogP contribution is -2.53. The van der Waals surface area contributed by atoms with Gasteiger partial charge < -0.3 is 19.5 Å². The van der Waals surface area contributed by atoms with Crippen LogP contribution in [-0.2, 0) is 4.79 Å². The lowest BCUT2D eigenvalue weighted by atomic mass is 9.91. The van der Waals surface area contributed by atoms with Crippen molar-refractivity contribution in [3.05, 3.63) is 35.8 Å². The summed E-state index contributed by atoms with van der Waals surface area (Å²) in [7, 11) is 1.54. The van der Waals surface area contributed by atoms with Crippen molar-refractivity contribution in [3.63, 3.8) is 0 Å². The summed E-state index contributed by atoms with van der Waals surface area (Å²) in [6, 6.07) is 7.12. The van der Waals surface area contributed by atoms with E-state index in [1.165, 1.54) is 0 Å². The molecule has 0 saturated carbocycles. The van der Waals surface area contributed by atoms with Crippen molar-refractivity contribution in [2.45, 2.75) is 18.4 Å². The van der Waals surface area contributed by atoms with E-state index in [0.29, 0.717) is 37.4 Å². The van der Waals surface area contributed by atoms with E-state index in [0.717, 1.165) is 5.13 Å². The SMILES string of the molecule is COc1ccccc1OC1(C(=O)O)CCN(c2nccs2)CC1. The van der Waals surface area contributed by atoms with Gasteiger partial charge in [-0.2, -0.15) is 0 Å². The fraction of sp³-hybridized carbons (Fsp3) is 0.375. The third-order valence-electron chi connectivity index (χ3n) is 4.03. The molecular formula is C16H18N2O4S. The zero-order chi connectivity index (χ0) is 16.3. The van der Waals surface area contributed by atoms with Crippen LogP contribution in [0.15, 0.2) is 35.8 Å². The van der Waals surface area contributed by atoms with Crippen LogP contribution < -0.4 is 14.4 Å². The predicted molar refractivity (Wildman–Crippen MR) is 87.5 cm³/mol. The van der Waals surface area contributed by atoms with Crippen molar-refractivity contribution < 1.29 is 19.4 Å². The van der Waals surface area contributed by atoms with Crippen LogP contribution in [0.2, 0.25) is 0 Å². The summed E-state index contributed by atoms with van der Waals surface area (Å²) in [5.74, 6) is 0.0535. The Hall–Kier alpha value is -2.28. The first-order valence-electron chi connectivity index (χ1n) is 7.34. The van der Waals surface area contributed by atoms with E-state index in [-0.39, 0.29) is 0 Å². The van der Waals surface area contributed by atoms with Crippen molar-refractivity contribution in [1.29, 1.82) is 0 Å². The molecule has 1 aliphatic heterocycles. The minimum absolute atomic E-state index is 0.389. The van der Waals surface area contributed by atoms with E-state index in [4.69, 9.17) is 9.47 Å². The Bertz CT molecular complexity index is 666. The number of piperidine rings is 1. The number of hydrogen-bond donors (Lipinski definition) is 1. The standard InChI is InChI=1S/C16H18N2O4S/c1-21-12-4-2-3-5-13(12)22-16(14(19)20)6-9-18(10-7-16)15-17-8-11-23-15/h2-5,8,11H,6-7,9-10H2,1H3,(H,19,20). The summed E-state index contributed by atoms with van der Waals surface area (Å²) in [5, 5.41) is 12.6. The van der Waals surface area contributed by atoms with E-state index in [2.05, 4.69) is 9.88 Å². The monoisotopic (exact) mass is 334 g/mol. The highest BCUT2D eigenvalue weighted by molar-refractivity contribution is 7.13. The zero-order valence-corrected chi connectivity index (χ0v) is 13.6. The van der Waals surface area contributed by atoms with Gasteiger partial charge in [0, 0.05) is 37.5 Å². The minimum Gasteiger partial charge on any atom is -0.493 e. The maximum atomic E-state index is 11.9. The van der Waals surface area contributed by atoms with Crippen LogP contribution in [0.4, 0.5) is 5.13 Å². The molecule has 1 N–H and O–H groups in total. The number of carboxylic acids is 1. The normalized spacial score (nSPS) is 16.8. The van der Waals surface area contributed by atoms with Crippen LogP contribution in [0.5, 0.6) is 11.5 Å². The number of ether oxygens (including phenoxy) is 2. The third-order valence-corrected chi connectivity index (χ3v) is 4.86. The fourth-order valence-corrected chi connectivity index (χ4v) is 3.40. The summed E-state index contributed by atoms with van der Waals surface area (Å²) < 4.78 is 11.2. The van der Waals surface area contributed by atoms with Gasteiger partial charge in [-0.1, -0.05) is 12.1 Å². The van der Waals surface area contributed by atoms with E-state index in [1.54, 1.807) is 42.8 Å². The average Bonchev–Trinajstić information content (AvgIpc) is 3.10. The number of methoxy groups -OCH3 is 1. The molecule has 3 rings (SSSR count). The van der Waals surface area contributed by atoms with Crippen molar-refractivity contribution in [3.8, 4) is 11.5 Å². The molecule has 1 aliphatic rings. The number of aliphatic carboxylic acids is 1. The highest BCUT2D eigenvalue weighted by Gasteiger charge is 2.45. The van der Waals surface area contributed by atoms with Crippen LogP contribution in [-0.4, -0.2) is 41.9 Å². The number of carbonyl (C=O) groups is 1. The summed E-state index contributed by atoms with van der Waals surface area (Å²) in [4.78, 5) is 18.3. The fourth-order valence-electron chi connectivity index (χ4n) is 2.70. The maximum Gasteiger partial charge on any atom is 0.348 e. The molecule has 0 unspecified atom stereocenters. The van der Waals surface area contributed by atoms with Crippen LogP contribution in [0.1, 0.15) is 12.8 Å². The van der Waals surface area contributed by atoms with Crippen LogP contribution in [0.25, 0.3) is 0 Å². The molecule has 6 nitrogen and oxygen atoms in total.